The van der Waals surface area contributed by atoms with E-state index in [1.54, 1.807) is 17.7 Å². The molecule has 0 spiro atoms. The third-order valence-electron chi connectivity index (χ3n) is 2.20. The van der Waals surface area contributed by atoms with E-state index >= 15 is 0 Å². The van der Waals surface area contributed by atoms with E-state index in [1.165, 1.54) is 0 Å². The van der Waals surface area contributed by atoms with Crippen LogP contribution in [0.4, 0.5) is 0 Å². The highest BCUT2D eigenvalue weighted by Gasteiger charge is 2.12. The largest absolute Gasteiger partial charge is 0.412 e. The van der Waals surface area contributed by atoms with Crippen molar-refractivity contribution < 1.29 is 10.7 Å². The molecule has 6 heteroatoms. The molecule has 0 bridgehead atoms. The molecule has 0 fully saturated rings. The number of benzene rings is 1. The van der Waals surface area contributed by atoms with Gasteiger partial charge in [-0.3, -0.25) is 0 Å². The monoisotopic (exact) mass is 218 g/mol. The molecule has 1 aromatic heterocycles. The van der Waals surface area contributed by atoms with Crippen molar-refractivity contribution in [1.82, 2.24) is 9.55 Å². The van der Waals surface area contributed by atoms with E-state index in [2.05, 4.69) is 10.1 Å². The Balaban J connectivity index is 0.00000128. The van der Waals surface area contributed by atoms with E-state index in [0.717, 1.165) is 11.0 Å². The molecule has 0 aliphatic rings. The van der Waals surface area contributed by atoms with Gasteiger partial charge in [-0.15, -0.1) is 0 Å². The van der Waals surface area contributed by atoms with E-state index in [9.17, 15) is 0 Å². The second-order valence-electron chi connectivity index (χ2n) is 3.04. The highest BCUT2D eigenvalue weighted by atomic mass is 16.4. The van der Waals surface area contributed by atoms with Crippen LogP contribution in [-0.2, 0) is 7.05 Å². The Bertz CT molecular complexity index is 580. The third-order valence-corrected chi connectivity index (χ3v) is 2.20. The van der Waals surface area contributed by atoms with Crippen molar-refractivity contribution in [2.75, 3.05) is 0 Å². The molecule has 0 saturated heterocycles. The average molecular weight is 218 g/mol. The van der Waals surface area contributed by atoms with Crippen LogP contribution in [0.2, 0.25) is 0 Å². The molecule has 0 radical (unpaired) electrons. The number of imidazole rings is 1. The number of nitrogens with zero attached hydrogens (tertiary/aromatic N) is 4. The van der Waals surface area contributed by atoms with Crippen LogP contribution >= 0.6 is 0 Å². The molecule has 0 saturated carbocycles. The van der Waals surface area contributed by atoms with Gasteiger partial charge in [-0.1, -0.05) is 17.3 Å². The number of fused-ring (bicyclic) bond motifs is 1. The molecule has 16 heavy (non-hydrogen) atoms. The maximum absolute atomic E-state index is 8.73. The first-order valence-corrected chi connectivity index (χ1v) is 4.32. The fourth-order valence-electron chi connectivity index (χ4n) is 1.47. The fourth-order valence-corrected chi connectivity index (χ4v) is 1.47. The van der Waals surface area contributed by atoms with Crippen molar-refractivity contribution in [3.8, 4) is 6.07 Å². The molecule has 1 heterocycles. The molecule has 2 rings (SSSR count). The second-order valence-corrected chi connectivity index (χ2v) is 3.04. The van der Waals surface area contributed by atoms with Gasteiger partial charge >= 0.3 is 0 Å². The fraction of sp³-hybridized carbons (Fsp3) is 0.100. The molecule has 0 unspecified atom stereocenters. The van der Waals surface area contributed by atoms with Crippen LogP contribution in [0.25, 0.3) is 11.0 Å². The molecule has 6 nitrogen and oxygen atoms in total. The maximum Gasteiger partial charge on any atom is 0.222 e. The Morgan fingerprint density at radius 1 is 1.50 bits per heavy atom. The summed E-state index contributed by atoms with van der Waals surface area (Å²) in [6.07, 6.45) is 0. The standard InChI is InChI=1S/C10H8N4O.H2O/c1-14-9-5-3-2-4-7(9)12-10(14)8(6-11)13-15;/h2-5,15H,1H3;1H2/b13-8+;. The highest BCUT2D eigenvalue weighted by molar-refractivity contribution is 6.10. The number of nitriles is 1. The number of oxime groups is 1. The number of hydrogen-bond donors (Lipinski definition) is 1. The van der Waals surface area contributed by atoms with Gasteiger partial charge in [0, 0.05) is 7.05 Å². The van der Waals surface area contributed by atoms with Crippen LogP contribution in [0, 0.1) is 11.3 Å². The lowest BCUT2D eigenvalue weighted by Crippen LogP contribution is -2.06. The van der Waals surface area contributed by atoms with Gasteiger partial charge in [-0.05, 0) is 12.1 Å². The summed E-state index contributed by atoms with van der Waals surface area (Å²) >= 11 is 0. The predicted octanol–water partition coefficient (Wildman–Crippen LogP) is 0.450. The minimum atomic E-state index is -0.0892. The Hall–Kier alpha value is -2.39. The Morgan fingerprint density at radius 3 is 2.75 bits per heavy atom. The molecule has 2 aromatic rings. The van der Waals surface area contributed by atoms with Crippen LogP contribution in [0.1, 0.15) is 5.82 Å². The molecule has 0 amide bonds. The van der Waals surface area contributed by atoms with Gasteiger partial charge in [-0.25, -0.2) is 4.98 Å². The Morgan fingerprint density at radius 2 is 2.19 bits per heavy atom. The Kier molecular flexibility index (Phi) is 3.23. The second kappa shape index (κ2) is 4.42. The van der Waals surface area contributed by atoms with Crippen molar-refractivity contribution in [3.05, 3.63) is 30.1 Å². The summed E-state index contributed by atoms with van der Waals surface area (Å²) in [5, 5.41) is 20.3. The normalized spacial score (nSPS) is 10.9. The van der Waals surface area contributed by atoms with E-state index in [-0.39, 0.29) is 11.2 Å². The van der Waals surface area contributed by atoms with Crippen molar-refractivity contribution in [2.45, 2.75) is 0 Å². The van der Waals surface area contributed by atoms with Crippen LogP contribution in [0.5, 0.6) is 0 Å². The lowest BCUT2D eigenvalue weighted by Gasteiger charge is -1.97. The topological polar surface area (TPSA) is 106 Å². The summed E-state index contributed by atoms with van der Waals surface area (Å²) < 4.78 is 1.72. The van der Waals surface area contributed by atoms with Gasteiger partial charge < -0.3 is 15.3 Å². The zero-order valence-corrected chi connectivity index (χ0v) is 8.55. The predicted molar refractivity (Wildman–Crippen MR) is 58.3 cm³/mol. The molecule has 1 aromatic carbocycles. The van der Waals surface area contributed by atoms with Crippen molar-refractivity contribution in [1.29, 1.82) is 5.26 Å². The van der Waals surface area contributed by atoms with E-state index in [1.807, 2.05) is 24.3 Å². The summed E-state index contributed by atoms with van der Waals surface area (Å²) in [4.78, 5) is 4.20. The quantitative estimate of drug-likeness (QED) is 0.426. The lowest BCUT2D eigenvalue weighted by molar-refractivity contribution is 0.319. The van der Waals surface area contributed by atoms with Gasteiger partial charge in [0.15, 0.2) is 5.82 Å². The summed E-state index contributed by atoms with van der Waals surface area (Å²) in [6.45, 7) is 0. The smallest absolute Gasteiger partial charge is 0.222 e. The number of rotatable bonds is 1. The van der Waals surface area contributed by atoms with E-state index < -0.39 is 0 Å². The number of hydrogen-bond acceptors (Lipinski definition) is 4. The molecule has 0 aliphatic heterocycles. The van der Waals surface area contributed by atoms with E-state index in [4.69, 9.17) is 10.5 Å². The Labute approximate surface area is 91.4 Å². The maximum atomic E-state index is 8.73. The SMILES string of the molecule is Cn1c(/C(C#N)=N/O)nc2ccccc21.O. The molecular formula is C10H10N4O2. The van der Waals surface area contributed by atoms with Crippen LogP contribution in [0.3, 0.4) is 0 Å². The summed E-state index contributed by atoms with van der Waals surface area (Å²) in [6, 6.07) is 9.26. The van der Waals surface area contributed by atoms with Gasteiger partial charge in [-0.2, -0.15) is 5.26 Å². The van der Waals surface area contributed by atoms with Gasteiger partial charge in [0.25, 0.3) is 0 Å². The summed E-state index contributed by atoms with van der Waals surface area (Å²) in [7, 11) is 1.77. The number of aryl methyl sites for hydroxylation is 1. The van der Waals surface area contributed by atoms with Crippen LogP contribution in [0.15, 0.2) is 29.4 Å². The molecule has 3 N–H and O–H groups in total. The van der Waals surface area contributed by atoms with Crippen molar-refractivity contribution in [2.24, 2.45) is 12.2 Å². The average Bonchev–Trinajstić information content (AvgIpc) is 2.60. The van der Waals surface area contributed by atoms with Gasteiger partial charge in [0.2, 0.25) is 5.71 Å². The van der Waals surface area contributed by atoms with E-state index in [0.29, 0.717) is 5.82 Å². The molecular weight excluding hydrogens is 208 g/mol. The lowest BCUT2D eigenvalue weighted by atomic mass is 10.3. The van der Waals surface area contributed by atoms with Gasteiger partial charge in [0.05, 0.1) is 11.0 Å². The third kappa shape index (κ3) is 1.60. The zero-order valence-electron chi connectivity index (χ0n) is 8.55. The summed E-state index contributed by atoms with van der Waals surface area (Å²) in [5.41, 5.74) is 1.57. The van der Waals surface area contributed by atoms with Crippen molar-refractivity contribution >= 4 is 16.7 Å². The molecule has 0 aliphatic carbocycles. The zero-order chi connectivity index (χ0) is 10.8. The minimum absolute atomic E-state index is 0. The van der Waals surface area contributed by atoms with Crippen LogP contribution < -0.4 is 0 Å². The van der Waals surface area contributed by atoms with Crippen LogP contribution in [-0.4, -0.2) is 25.9 Å². The number of aromatic nitrogens is 2. The van der Waals surface area contributed by atoms with Crippen molar-refractivity contribution in [3.63, 3.8) is 0 Å². The van der Waals surface area contributed by atoms with Gasteiger partial charge in [0.1, 0.15) is 6.07 Å². The molecule has 0 atom stereocenters. The first-order chi connectivity index (χ1) is 7.27. The first kappa shape index (κ1) is 11.7. The minimum Gasteiger partial charge on any atom is -0.412 e. The summed E-state index contributed by atoms with van der Waals surface area (Å²) in [5.74, 6) is 0.362. The molecule has 82 valence electrons. The first-order valence-electron chi connectivity index (χ1n) is 4.32. The highest BCUT2D eigenvalue weighted by Crippen LogP contribution is 2.14. The number of para-hydroxylation sites is 2.